The Balaban J connectivity index is 3.32. The van der Waals surface area contributed by atoms with E-state index in [2.05, 4.69) is 16.3 Å². The second kappa shape index (κ2) is 5.99. The molecule has 6 heteroatoms. The van der Waals surface area contributed by atoms with E-state index in [0.717, 1.165) is 6.08 Å². The minimum Gasteiger partial charge on any atom is -0.421 e. The van der Waals surface area contributed by atoms with Crippen LogP contribution in [0.25, 0.3) is 0 Å². The molecule has 18 heavy (non-hydrogen) atoms. The molecule has 0 aliphatic rings. The van der Waals surface area contributed by atoms with Gasteiger partial charge in [0.1, 0.15) is 11.4 Å². The number of nitriles is 1. The fourth-order valence-corrected chi connectivity index (χ4v) is 1.24. The zero-order valence-electron chi connectivity index (χ0n) is 9.47. The molecule has 0 aliphatic carbocycles. The smallest absolute Gasteiger partial charge is 0.335 e. The number of aryl methyl sites for hydroxylation is 1. The number of ether oxygens (including phenoxy) is 2. The van der Waals surface area contributed by atoms with Gasteiger partial charge >= 0.3 is 5.97 Å². The second-order valence-electron chi connectivity index (χ2n) is 3.11. The molecule has 1 rings (SSSR count). The number of nitrogens with zero attached hydrogens (tertiary/aromatic N) is 2. The number of isocyanates is 1. The number of hydrogen-bond donors (Lipinski definition) is 0. The van der Waals surface area contributed by atoms with Crippen molar-refractivity contribution in [3.63, 3.8) is 0 Å². The predicted molar refractivity (Wildman–Crippen MR) is 61.0 cm³/mol. The molecule has 0 atom stereocenters. The summed E-state index contributed by atoms with van der Waals surface area (Å²) >= 11 is 0. The lowest BCUT2D eigenvalue weighted by atomic mass is 10.2. The highest BCUT2D eigenvalue weighted by Gasteiger charge is 2.12. The van der Waals surface area contributed by atoms with Gasteiger partial charge in [0.2, 0.25) is 6.08 Å². The van der Waals surface area contributed by atoms with Crippen molar-refractivity contribution in [1.29, 1.82) is 5.26 Å². The third-order valence-electron chi connectivity index (χ3n) is 1.94. The number of hydrogen-bond acceptors (Lipinski definition) is 6. The minimum atomic E-state index is -0.717. The summed E-state index contributed by atoms with van der Waals surface area (Å²) < 4.78 is 9.52. The molecule has 0 spiro atoms. The summed E-state index contributed by atoms with van der Waals surface area (Å²) in [6, 6.07) is 2.75. The molecule has 0 fully saturated rings. The predicted octanol–water partition coefficient (Wildman–Crippen LogP) is 1.91. The van der Waals surface area contributed by atoms with E-state index < -0.39 is 5.97 Å². The van der Waals surface area contributed by atoms with Crippen LogP contribution in [0.2, 0.25) is 0 Å². The lowest BCUT2D eigenvalue weighted by molar-refractivity contribution is -0.128. The topological polar surface area (TPSA) is 88.8 Å². The molecule has 0 aromatic heterocycles. The van der Waals surface area contributed by atoms with Gasteiger partial charge in [-0.1, -0.05) is 6.58 Å². The van der Waals surface area contributed by atoms with Gasteiger partial charge in [-0.2, -0.15) is 4.99 Å². The van der Waals surface area contributed by atoms with Crippen LogP contribution in [0.3, 0.4) is 0 Å². The van der Waals surface area contributed by atoms with Gasteiger partial charge in [-0.25, -0.2) is 9.59 Å². The van der Waals surface area contributed by atoms with Crippen molar-refractivity contribution < 1.29 is 19.1 Å². The van der Waals surface area contributed by atoms with E-state index in [1.54, 1.807) is 6.92 Å². The molecule has 0 saturated heterocycles. The van der Waals surface area contributed by atoms with Gasteiger partial charge in [0.25, 0.3) is 6.26 Å². The molecule has 1 aromatic rings. The molecule has 0 aliphatic heterocycles. The number of esters is 1. The molecule has 0 heterocycles. The van der Waals surface area contributed by atoms with E-state index in [1.807, 2.05) is 0 Å². The number of aliphatic imine (C=N–C) groups is 1. The van der Waals surface area contributed by atoms with Gasteiger partial charge in [-0.3, -0.25) is 0 Å². The number of rotatable bonds is 4. The normalized spacial score (nSPS) is 8.67. The van der Waals surface area contributed by atoms with Crippen molar-refractivity contribution in [2.45, 2.75) is 6.92 Å². The van der Waals surface area contributed by atoms with Crippen LogP contribution in [0, 0.1) is 18.4 Å². The lowest BCUT2D eigenvalue weighted by Gasteiger charge is -2.08. The third-order valence-corrected chi connectivity index (χ3v) is 1.94. The first-order valence-electron chi connectivity index (χ1n) is 4.75. The van der Waals surface area contributed by atoms with E-state index in [4.69, 9.17) is 10.00 Å². The molecule has 0 unspecified atom stereocenters. The summed E-state index contributed by atoms with van der Waals surface area (Å²) in [6.45, 7) is 4.86. The van der Waals surface area contributed by atoms with Crippen LogP contribution >= 0.6 is 0 Å². The highest BCUT2D eigenvalue weighted by molar-refractivity contribution is 5.85. The fourth-order valence-electron chi connectivity index (χ4n) is 1.24. The average molecular weight is 244 g/mol. The van der Waals surface area contributed by atoms with E-state index in [1.165, 1.54) is 24.5 Å². The molecule has 90 valence electrons. The summed E-state index contributed by atoms with van der Waals surface area (Å²) in [7, 11) is 0. The Morgan fingerprint density at radius 3 is 2.83 bits per heavy atom. The summed E-state index contributed by atoms with van der Waals surface area (Å²) in [4.78, 5) is 24.9. The standard InChI is InChI=1S/C12H8N2O4/c1-3-11(16)18-10-5-9(17-6-13)4-8(2)12(10)14-7-15/h3-5H,1H2,2H3. The molecule has 0 bridgehead atoms. The van der Waals surface area contributed by atoms with Crippen molar-refractivity contribution in [1.82, 2.24) is 0 Å². The Kier molecular flexibility index (Phi) is 4.38. The number of benzene rings is 1. The summed E-state index contributed by atoms with van der Waals surface area (Å²) in [5.74, 6) is -0.550. The highest BCUT2D eigenvalue weighted by atomic mass is 16.5. The second-order valence-corrected chi connectivity index (χ2v) is 3.11. The summed E-state index contributed by atoms with van der Waals surface area (Å²) in [5.41, 5.74) is 0.642. The van der Waals surface area contributed by atoms with Crippen LogP contribution in [-0.2, 0) is 9.59 Å². The zero-order valence-corrected chi connectivity index (χ0v) is 9.47. The van der Waals surface area contributed by atoms with Crippen molar-refractivity contribution in [3.05, 3.63) is 30.4 Å². The SMILES string of the molecule is C=CC(=O)Oc1cc(OC#N)cc(C)c1N=C=O. The van der Waals surface area contributed by atoms with Crippen LogP contribution < -0.4 is 9.47 Å². The van der Waals surface area contributed by atoms with E-state index in [-0.39, 0.29) is 17.2 Å². The fraction of sp³-hybridized carbons (Fsp3) is 0.0833. The monoisotopic (exact) mass is 244 g/mol. The summed E-state index contributed by atoms with van der Waals surface area (Å²) in [6.07, 6.45) is 3.81. The van der Waals surface area contributed by atoms with Gasteiger partial charge in [-0.15, -0.1) is 5.26 Å². The largest absolute Gasteiger partial charge is 0.421 e. The Morgan fingerprint density at radius 2 is 2.28 bits per heavy atom. The van der Waals surface area contributed by atoms with Gasteiger partial charge in [0.15, 0.2) is 5.75 Å². The molecular formula is C12H8N2O4. The molecular weight excluding hydrogens is 236 g/mol. The molecule has 6 nitrogen and oxygen atoms in total. The van der Waals surface area contributed by atoms with Crippen LogP contribution in [0.5, 0.6) is 11.5 Å². The van der Waals surface area contributed by atoms with Gasteiger partial charge in [0.05, 0.1) is 0 Å². The van der Waals surface area contributed by atoms with E-state index in [0.29, 0.717) is 5.56 Å². The minimum absolute atomic E-state index is 0.00602. The maximum Gasteiger partial charge on any atom is 0.335 e. The lowest BCUT2D eigenvalue weighted by Crippen LogP contribution is -2.04. The highest BCUT2D eigenvalue weighted by Crippen LogP contribution is 2.35. The summed E-state index contributed by atoms with van der Waals surface area (Å²) in [5, 5.41) is 8.42. The van der Waals surface area contributed by atoms with Crippen molar-refractivity contribution in [2.24, 2.45) is 4.99 Å². The first-order chi connectivity index (χ1) is 8.62. The molecule has 0 amide bonds. The Hall–Kier alpha value is -2.90. The Labute approximate surface area is 103 Å². The van der Waals surface area contributed by atoms with Crippen LogP contribution in [0.15, 0.2) is 29.8 Å². The van der Waals surface area contributed by atoms with E-state index >= 15 is 0 Å². The van der Waals surface area contributed by atoms with Crippen molar-refractivity contribution in [3.8, 4) is 17.8 Å². The van der Waals surface area contributed by atoms with E-state index in [9.17, 15) is 9.59 Å². The molecule has 0 radical (unpaired) electrons. The van der Waals surface area contributed by atoms with Gasteiger partial charge < -0.3 is 9.47 Å². The van der Waals surface area contributed by atoms with Crippen molar-refractivity contribution in [2.75, 3.05) is 0 Å². The van der Waals surface area contributed by atoms with Crippen LogP contribution in [0.4, 0.5) is 5.69 Å². The van der Waals surface area contributed by atoms with Gasteiger partial charge in [0, 0.05) is 12.1 Å². The number of carbonyl (C=O) groups excluding carboxylic acids is 2. The third kappa shape index (κ3) is 3.04. The molecule has 1 aromatic carbocycles. The Bertz CT molecular complexity index is 580. The maximum absolute atomic E-state index is 11.1. The number of carbonyl (C=O) groups is 1. The zero-order chi connectivity index (χ0) is 13.5. The van der Waals surface area contributed by atoms with Crippen LogP contribution in [0.1, 0.15) is 5.56 Å². The maximum atomic E-state index is 11.1. The van der Waals surface area contributed by atoms with Crippen LogP contribution in [-0.4, -0.2) is 12.0 Å². The quantitative estimate of drug-likeness (QED) is 0.201. The van der Waals surface area contributed by atoms with Crippen molar-refractivity contribution >= 4 is 17.7 Å². The Morgan fingerprint density at radius 1 is 1.56 bits per heavy atom. The van der Waals surface area contributed by atoms with Gasteiger partial charge in [-0.05, 0) is 18.6 Å². The first kappa shape index (κ1) is 13.2. The molecule has 0 saturated carbocycles. The molecule has 0 N–H and O–H groups in total. The first-order valence-corrected chi connectivity index (χ1v) is 4.75. The average Bonchev–Trinajstić information content (AvgIpc) is 2.34.